The molecule has 21 heavy (non-hydrogen) atoms. The fourth-order valence-electron chi connectivity index (χ4n) is 2.11. The highest BCUT2D eigenvalue weighted by Gasteiger charge is 2.01. The molecule has 0 fully saturated rings. The van der Waals surface area contributed by atoms with Crippen LogP contribution in [0.1, 0.15) is 23.1 Å². The normalized spacial score (nSPS) is 10.6. The van der Waals surface area contributed by atoms with E-state index in [0.29, 0.717) is 6.54 Å². The smallest absolute Gasteiger partial charge is 0.123 e. The van der Waals surface area contributed by atoms with Gasteiger partial charge in [0.2, 0.25) is 0 Å². The number of para-hydroxylation sites is 1. The summed E-state index contributed by atoms with van der Waals surface area (Å²) < 4.78 is 5.81. The van der Waals surface area contributed by atoms with Crippen LogP contribution in [0.25, 0.3) is 0 Å². The van der Waals surface area contributed by atoms with Crippen LogP contribution in [-0.2, 0) is 12.3 Å². The largest absolute Gasteiger partial charge is 0.493 e. The molecule has 0 aliphatic heterocycles. The first kappa shape index (κ1) is 15.9. The van der Waals surface area contributed by atoms with E-state index in [4.69, 9.17) is 10.5 Å². The number of thioether (sulfide) groups is 1. The van der Waals surface area contributed by atoms with Crippen LogP contribution in [0.3, 0.4) is 0 Å². The molecule has 0 saturated heterocycles. The molecule has 2 rings (SSSR count). The molecule has 0 aliphatic carbocycles. The number of benzene rings is 2. The van der Waals surface area contributed by atoms with Crippen molar-refractivity contribution in [3.05, 3.63) is 65.2 Å². The second kappa shape index (κ2) is 8.75. The molecule has 3 heteroatoms. The molecule has 2 aromatic rings. The molecule has 0 bridgehead atoms. The number of hydrogen-bond acceptors (Lipinski definition) is 3. The Bertz CT molecular complexity index is 556. The van der Waals surface area contributed by atoms with Crippen molar-refractivity contribution in [3.8, 4) is 5.75 Å². The highest BCUT2D eigenvalue weighted by molar-refractivity contribution is 7.98. The molecule has 2 nitrogen and oxygen atoms in total. The zero-order valence-corrected chi connectivity index (χ0v) is 13.4. The zero-order chi connectivity index (χ0) is 14.9. The van der Waals surface area contributed by atoms with Crippen molar-refractivity contribution in [2.24, 2.45) is 5.73 Å². The predicted molar refractivity (Wildman–Crippen MR) is 91.8 cm³/mol. The Labute approximate surface area is 131 Å². The van der Waals surface area contributed by atoms with Crippen molar-refractivity contribution in [1.82, 2.24) is 0 Å². The van der Waals surface area contributed by atoms with Gasteiger partial charge >= 0.3 is 0 Å². The van der Waals surface area contributed by atoms with E-state index in [1.807, 2.05) is 36.0 Å². The summed E-state index contributed by atoms with van der Waals surface area (Å²) in [5.74, 6) is 3.11. The zero-order valence-electron chi connectivity index (χ0n) is 12.5. The van der Waals surface area contributed by atoms with Gasteiger partial charge in [0.15, 0.2) is 0 Å². The van der Waals surface area contributed by atoms with Gasteiger partial charge in [0.05, 0.1) is 6.61 Å². The Hall–Kier alpha value is -1.45. The molecule has 2 aromatic carbocycles. The second-order valence-corrected chi connectivity index (χ2v) is 6.10. The Morgan fingerprint density at radius 2 is 1.71 bits per heavy atom. The summed E-state index contributed by atoms with van der Waals surface area (Å²) in [4.78, 5) is 0. The van der Waals surface area contributed by atoms with Gasteiger partial charge in [0.1, 0.15) is 5.75 Å². The van der Waals surface area contributed by atoms with Gasteiger partial charge in [-0.05, 0) is 36.3 Å². The lowest BCUT2D eigenvalue weighted by Crippen LogP contribution is -2.04. The van der Waals surface area contributed by atoms with Crippen LogP contribution >= 0.6 is 11.8 Å². The summed E-state index contributed by atoms with van der Waals surface area (Å²) in [6.45, 7) is 3.44. The van der Waals surface area contributed by atoms with Crippen molar-refractivity contribution < 1.29 is 4.74 Å². The van der Waals surface area contributed by atoms with E-state index in [9.17, 15) is 0 Å². The Kier molecular flexibility index (Phi) is 6.64. The summed E-state index contributed by atoms with van der Waals surface area (Å²) in [7, 11) is 0. The maximum Gasteiger partial charge on any atom is 0.123 e. The van der Waals surface area contributed by atoms with Gasteiger partial charge in [0.25, 0.3) is 0 Å². The van der Waals surface area contributed by atoms with Crippen molar-refractivity contribution in [3.63, 3.8) is 0 Å². The van der Waals surface area contributed by atoms with Crippen LogP contribution in [0.15, 0.2) is 48.5 Å². The molecule has 0 aliphatic rings. The van der Waals surface area contributed by atoms with E-state index in [1.54, 1.807) is 0 Å². The van der Waals surface area contributed by atoms with E-state index >= 15 is 0 Å². The van der Waals surface area contributed by atoms with Crippen molar-refractivity contribution in [1.29, 1.82) is 0 Å². The molecule has 0 unspecified atom stereocenters. The van der Waals surface area contributed by atoms with Crippen molar-refractivity contribution in [2.45, 2.75) is 25.6 Å². The fraction of sp³-hybridized carbons (Fsp3) is 0.333. The van der Waals surface area contributed by atoms with E-state index in [-0.39, 0.29) is 0 Å². The summed E-state index contributed by atoms with van der Waals surface area (Å²) in [5.41, 5.74) is 9.57. The lowest BCUT2D eigenvalue weighted by molar-refractivity contribution is 0.315. The lowest BCUT2D eigenvalue weighted by atomic mass is 10.1. The Morgan fingerprint density at radius 3 is 2.48 bits per heavy atom. The van der Waals surface area contributed by atoms with Gasteiger partial charge in [0, 0.05) is 17.9 Å². The minimum atomic E-state index is 0.526. The third-order valence-electron chi connectivity index (χ3n) is 3.40. The van der Waals surface area contributed by atoms with Crippen LogP contribution < -0.4 is 10.5 Å². The number of ether oxygens (including phenoxy) is 1. The van der Waals surface area contributed by atoms with Gasteiger partial charge in [-0.3, -0.25) is 0 Å². The molecule has 0 radical (unpaired) electrons. The maximum absolute atomic E-state index is 5.81. The van der Waals surface area contributed by atoms with E-state index < -0.39 is 0 Å². The Morgan fingerprint density at radius 1 is 1.00 bits per heavy atom. The SMILES string of the molecule is Cc1ccccc1CSCCCOc1ccccc1CN. The molecule has 0 saturated carbocycles. The molecule has 0 spiro atoms. The van der Waals surface area contributed by atoms with Gasteiger partial charge in [-0.2, -0.15) is 11.8 Å². The summed E-state index contributed by atoms with van der Waals surface area (Å²) in [6, 6.07) is 16.6. The van der Waals surface area contributed by atoms with Crippen molar-refractivity contribution >= 4 is 11.8 Å². The van der Waals surface area contributed by atoms with Gasteiger partial charge in [-0.15, -0.1) is 0 Å². The monoisotopic (exact) mass is 301 g/mol. The topological polar surface area (TPSA) is 35.2 Å². The third-order valence-corrected chi connectivity index (χ3v) is 4.49. The number of rotatable bonds is 8. The quantitative estimate of drug-likeness (QED) is 0.744. The molecular weight excluding hydrogens is 278 g/mol. The summed E-state index contributed by atoms with van der Waals surface area (Å²) in [6.07, 6.45) is 1.05. The van der Waals surface area contributed by atoms with Crippen LogP contribution in [0.2, 0.25) is 0 Å². The summed E-state index contributed by atoms with van der Waals surface area (Å²) >= 11 is 1.96. The average molecular weight is 301 g/mol. The minimum Gasteiger partial charge on any atom is -0.493 e. The molecule has 2 N–H and O–H groups in total. The molecule has 0 aromatic heterocycles. The van der Waals surface area contributed by atoms with Crippen LogP contribution in [0.5, 0.6) is 5.75 Å². The number of nitrogens with two attached hydrogens (primary N) is 1. The highest BCUT2D eigenvalue weighted by Crippen LogP contribution is 2.19. The third kappa shape index (κ3) is 5.10. The number of hydrogen-bond donors (Lipinski definition) is 1. The standard InChI is InChI=1S/C18H23NOS/c1-15-7-2-3-9-17(15)14-21-12-6-11-20-18-10-5-4-8-16(18)13-19/h2-5,7-10H,6,11-14,19H2,1H3. The van der Waals surface area contributed by atoms with Crippen LogP contribution in [0.4, 0.5) is 0 Å². The second-order valence-electron chi connectivity index (χ2n) is 4.99. The lowest BCUT2D eigenvalue weighted by Gasteiger charge is -2.10. The van der Waals surface area contributed by atoms with E-state index in [1.165, 1.54) is 11.1 Å². The summed E-state index contributed by atoms with van der Waals surface area (Å²) in [5, 5.41) is 0. The van der Waals surface area contributed by atoms with Gasteiger partial charge in [-0.25, -0.2) is 0 Å². The van der Waals surface area contributed by atoms with E-state index in [2.05, 4.69) is 31.2 Å². The van der Waals surface area contributed by atoms with Crippen molar-refractivity contribution in [2.75, 3.05) is 12.4 Å². The first-order valence-electron chi connectivity index (χ1n) is 7.34. The molecule has 0 atom stereocenters. The minimum absolute atomic E-state index is 0.526. The molecule has 0 heterocycles. The molecule has 112 valence electrons. The van der Waals surface area contributed by atoms with Crippen LogP contribution in [0, 0.1) is 6.92 Å². The first-order chi connectivity index (χ1) is 10.3. The maximum atomic E-state index is 5.81. The Balaban J connectivity index is 1.65. The highest BCUT2D eigenvalue weighted by atomic mass is 32.2. The van der Waals surface area contributed by atoms with Crippen LogP contribution in [-0.4, -0.2) is 12.4 Å². The fourth-order valence-corrected chi connectivity index (χ4v) is 3.12. The molecule has 0 amide bonds. The molecular formula is C18H23NOS. The van der Waals surface area contributed by atoms with Gasteiger partial charge < -0.3 is 10.5 Å². The van der Waals surface area contributed by atoms with E-state index in [0.717, 1.165) is 35.8 Å². The average Bonchev–Trinajstić information content (AvgIpc) is 2.52. The number of aryl methyl sites for hydroxylation is 1. The first-order valence-corrected chi connectivity index (χ1v) is 8.49. The predicted octanol–water partition coefficient (Wildman–Crippen LogP) is 4.16. The van der Waals surface area contributed by atoms with Gasteiger partial charge in [-0.1, -0.05) is 42.5 Å².